The molecule has 0 atom stereocenters. The van der Waals surface area contributed by atoms with E-state index in [2.05, 4.69) is 12.6 Å². The minimum atomic E-state index is -4.66. The molecule has 0 aromatic heterocycles. The van der Waals surface area contributed by atoms with Crippen LogP contribution in [0, 0.1) is 17.1 Å². The van der Waals surface area contributed by atoms with E-state index in [1.165, 1.54) is 6.07 Å². The van der Waals surface area contributed by atoms with Gasteiger partial charge in [-0.3, -0.25) is 0 Å². The van der Waals surface area contributed by atoms with E-state index < -0.39 is 23.1 Å². The van der Waals surface area contributed by atoms with Crippen molar-refractivity contribution in [3.63, 3.8) is 0 Å². The van der Waals surface area contributed by atoms with E-state index in [0.717, 1.165) is 0 Å². The van der Waals surface area contributed by atoms with Crippen LogP contribution >= 0.6 is 12.6 Å². The van der Waals surface area contributed by atoms with Crippen molar-refractivity contribution in [1.82, 2.24) is 0 Å². The molecule has 0 heterocycles. The van der Waals surface area contributed by atoms with Gasteiger partial charge in [-0.05, 0) is 12.1 Å². The van der Waals surface area contributed by atoms with Gasteiger partial charge in [-0.15, -0.1) is 12.6 Å². The fourth-order valence-corrected chi connectivity index (χ4v) is 1.03. The molecule has 0 N–H and O–H groups in total. The first-order chi connectivity index (χ1) is 6.36. The standard InChI is InChI=1S/C8H3F4NS/c9-6-2-5(8(10,11)12)1-4(3-13)7(6)14/h1-2,14H. The van der Waals surface area contributed by atoms with Crippen LogP contribution < -0.4 is 0 Å². The van der Waals surface area contributed by atoms with Crippen LogP contribution in [-0.2, 0) is 6.18 Å². The third-order valence-corrected chi connectivity index (χ3v) is 1.97. The van der Waals surface area contributed by atoms with Gasteiger partial charge in [0.25, 0.3) is 0 Å². The first-order valence-electron chi connectivity index (χ1n) is 3.36. The number of benzene rings is 1. The maximum absolute atomic E-state index is 12.8. The van der Waals surface area contributed by atoms with Gasteiger partial charge in [-0.25, -0.2) is 4.39 Å². The Morgan fingerprint density at radius 1 is 1.29 bits per heavy atom. The lowest BCUT2D eigenvalue weighted by molar-refractivity contribution is -0.137. The fraction of sp³-hybridized carbons (Fsp3) is 0.125. The summed E-state index contributed by atoms with van der Waals surface area (Å²) in [7, 11) is 0. The molecule has 0 unspecified atom stereocenters. The van der Waals surface area contributed by atoms with E-state index in [9.17, 15) is 17.6 Å². The average molecular weight is 221 g/mol. The molecule has 0 radical (unpaired) electrons. The number of halogens is 4. The quantitative estimate of drug-likeness (QED) is 0.528. The van der Waals surface area contributed by atoms with Crippen LogP contribution in [0.4, 0.5) is 17.6 Å². The zero-order valence-electron chi connectivity index (χ0n) is 6.56. The van der Waals surface area contributed by atoms with Crippen LogP contribution in [0.2, 0.25) is 0 Å². The second kappa shape index (κ2) is 3.50. The number of hydrogen-bond donors (Lipinski definition) is 1. The molecule has 1 aromatic carbocycles. The van der Waals surface area contributed by atoms with Gasteiger partial charge in [0.2, 0.25) is 0 Å². The minimum absolute atomic E-state index is 0.309. The van der Waals surface area contributed by atoms with Crippen LogP contribution in [0.3, 0.4) is 0 Å². The lowest BCUT2D eigenvalue weighted by Gasteiger charge is -2.08. The maximum atomic E-state index is 12.8. The van der Waals surface area contributed by atoms with E-state index in [1.54, 1.807) is 0 Å². The molecule has 14 heavy (non-hydrogen) atoms. The van der Waals surface area contributed by atoms with Gasteiger partial charge in [-0.1, -0.05) is 0 Å². The Hall–Kier alpha value is -1.22. The van der Waals surface area contributed by atoms with Gasteiger partial charge in [-0.2, -0.15) is 18.4 Å². The molecule has 0 aliphatic carbocycles. The van der Waals surface area contributed by atoms with E-state index in [4.69, 9.17) is 5.26 Å². The highest BCUT2D eigenvalue weighted by molar-refractivity contribution is 7.80. The topological polar surface area (TPSA) is 23.8 Å². The predicted octanol–water partition coefficient (Wildman–Crippen LogP) is 3.00. The van der Waals surface area contributed by atoms with Crippen LogP contribution in [0.15, 0.2) is 17.0 Å². The van der Waals surface area contributed by atoms with Crippen molar-refractivity contribution >= 4 is 12.6 Å². The molecule has 0 spiro atoms. The lowest BCUT2D eigenvalue weighted by Crippen LogP contribution is -2.06. The first kappa shape index (κ1) is 10.9. The summed E-state index contributed by atoms with van der Waals surface area (Å²) in [6.07, 6.45) is -4.66. The average Bonchev–Trinajstić information content (AvgIpc) is 2.07. The molecule has 74 valence electrons. The summed E-state index contributed by atoms with van der Waals surface area (Å²) in [5.41, 5.74) is -1.62. The number of hydrogen-bond acceptors (Lipinski definition) is 2. The van der Waals surface area contributed by atoms with Crippen LogP contribution in [-0.4, -0.2) is 0 Å². The SMILES string of the molecule is N#Cc1cc(C(F)(F)F)cc(F)c1S. The zero-order chi connectivity index (χ0) is 10.9. The molecule has 0 bridgehead atoms. The summed E-state index contributed by atoms with van der Waals surface area (Å²) in [6.45, 7) is 0. The zero-order valence-corrected chi connectivity index (χ0v) is 7.46. The van der Waals surface area contributed by atoms with Gasteiger partial charge in [0, 0.05) is 0 Å². The third-order valence-electron chi connectivity index (χ3n) is 1.51. The molecule has 6 heteroatoms. The van der Waals surface area contributed by atoms with Gasteiger partial charge in [0.05, 0.1) is 16.0 Å². The molecule has 0 fully saturated rings. The Morgan fingerprint density at radius 3 is 2.29 bits per heavy atom. The number of nitriles is 1. The van der Waals surface area contributed by atoms with Gasteiger partial charge >= 0.3 is 6.18 Å². The Labute approximate surface area is 82.4 Å². The molecule has 0 saturated heterocycles. The molecular weight excluding hydrogens is 218 g/mol. The van der Waals surface area contributed by atoms with E-state index in [0.29, 0.717) is 12.1 Å². The summed E-state index contributed by atoms with van der Waals surface area (Å²) in [5, 5.41) is 8.40. The number of alkyl halides is 3. The molecule has 0 aliphatic heterocycles. The van der Waals surface area contributed by atoms with E-state index in [-0.39, 0.29) is 4.90 Å². The summed E-state index contributed by atoms with van der Waals surface area (Å²) >= 11 is 3.57. The summed E-state index contributed by atoms with van der Waals surface area (Å²) in [4.78, 5) is -0.375. The summed E-state index contributed by atoms with van der Waals surface area (Å²) in [5.74, 6) is -1.15. The summed E-state index contributed by atoms with van der Waals surface area (Å²) in [6, 6.07) is 2.30. The van der Waals surface area contributed by atoms with Gasteiger partial charge in [0.15, 0.2) is 0 Å². The maximum Gasteiger partial charge on any atom is 0.416 e. The van der Waals surface area contributed by atoms with Gasteiger partial charge in [0.1, 0.15) is 11.9 Å². The van der Waals surface area contributed by atoms with Crippen LogP contribution in [0.5, 0.6) is 0 Å². The normalized spacial score (nSPS) is 11.1. The Morgan fingerprint density at radius 2 is 1.86 bits per heavy atom. The predicted molar refractivity (Wildman–Crippen MR) is 43.4 cm³/mol. The smallest absolute Gasteiger partial charge is 0.206 e. The molecule has 1 aromatic rings. The fourth-order valence-electron chi connectivity index (χ4n) is 0.848. The van der Waals surface area contributed by atoms with Gasteiger partial charge < -0.3 is 0 Å². The second-order valence-electron chi connectivity index (χ2n) is 2.46. The third kappa shape index (κ3) is 1.99. The Kier molecular flexibility index (Phi) is 2.71. The number of thiol groups is 1. The molecule has 0 saturated carbocycles. The highest BCUT2D eigenvalue weighted by Gasteiger charge is 2.32. The van der Waals surface area contributed by atoms with E-state index in [1.807, 2.05) is 0 Å². The molecular formula is C8H3F4NS. The highest BCUT2D eigenvalue weighted by atomic mass is 32.1. The monoisotopic (exact) mass is 221 g/mol. The van der Waals surface area contributed by atoms with Crippen molar-refractivity contribution in [1.29, 1.82) is 5.26 Å². The Bertz CT molecular complexity index is 405. The first-order valence-corrected chi connectivity index (χ1v) is 3.81. The van der Waals surface area contributed by atoms with Crippen LogP contribution in [0.1, 0.15) is 11.1 Å². The van der Waals surface area contributed by atoms with Crippen molar-refractivity contribution in [3.05, 3.63) is 29.1 Å². The molecule has 1 rings (SSSR count). The summed E-state index contributed by atoms with van der Waals surface area (Å²) < 4.78 is 49.2. The van der Waals surface area contributed by atoms with Crippen molar-refractivity contribution in [3.8, 4) is 6.07 Å². The largest absolute Gasteiger partial charge is 0.416 e. The second-order valence-corrected chi connectivity index (χ2v) is 2.91. The van der Waals surface area contributed by atoms with Crippen LogP contribution in [0.25, 0.3) is 0 Å². The number of nitrogens with zero attached hydrogens (tertiary/aromatic N) is 1. The lowest BCUT2D eigenvalue weighted by atomic mass is 10.1. The van der Waals surface area contributed by atoms with Crippen molar-refractivity contribution < 1.29 is 17.6 Å². The highest BCUT2D eigenvalue weighted by Crippen LogP contribution is 2.32. The van der Waals surface area contributed by atoms with Crippen molar-refractivity contribution in [2.75, 3.05) is 0 Å². The van der Waals surface area contributed by atoms with Crippen molar-refractivity contribution in [2.24, 2.45) is 0 Å². The molecule has 0 amide bonds. The molecule has 0 aliphatic rings. The number of rotatable bonds is 0. The minimum Gasteiger partial charge on any atom is -0.206 e. The Balaban J connectivity index is 3.40. The van der Waals surface area contributed by atoms with E-state index >= 15 is 0 Å². The molecule has 1 nitrogen and oxygen atoms in total. The van der Waals surface area contributed by atoms with Crippen molar-refractivity contribution in [2.45, 2.75) is 11.1 Å².